The van der Waals surface area contributed by atoms with E-state index >= 15 is 0 Å². The molecule has 4 rings (SSSR count). The quantitative estimate of drug-likeness (QED) is 0.338. The second-order valence-corrected chi connectivity index (χ2v) is 8.59. The highest BCUT2D eigenvalue weighted by Crippen LogP contribution is 2.33. The summed E-state index contributed by atoms with van der Waals surface area (Å²) >= 11 is 3.17. The number of fused-ring (bicyclic) bond motifs is 1. The number of anilines is 1. The number of aromatic nitrogens is 1. The zero-order valence-electron chi connectivity index (χ0n) is 16.5. The molecule has 3 aromatic carbocycles. The van der Waals surface area contributed by atoms with Gasteiger partial charge in [0.15, 0.2) is 5.13 Å². The molecule has 29 heavy (non-hydrogen) atoms. The van der Waals surface area contributed by atoms with Crippen molar-refractivity contribution < 1.29 is 4.79 Å². The molecule has 0 aliphatic heterocycles. The van der Waals surface area contributed by atoms with Crippen LogP contribution in [0.25, 0.3) is 10.2 Å². The normalized spacial score (nSPS) is 11.0. The first-order valence-electron chi connectivity index (χ1n) is 9.58. The first kappa shape index (κ1) is 19.7. The lowest BCUT2D eigenvalue weighted by molar-refractivity contribution is 0.0982. The Bertz CT molecular complexity index is 1140. The second-order valence-electron chi connectivity index (χ2n) is 6.73. The third-order valence-corrected chi connectivity index (χ3v) is 6.68. The minimum atomic E-state index is -0.0198. The van der Waals surface area contributed by atoms with Crippen LogP contribution >= 0.6 is 23.1 Å². The van der Waals surface area contributed by atoms with Gasteiger partial charge in [-0.3, -0.25) is 9.69 Å². The van der Waals surface area contributed by atoms with Gasteiger partial charge >= 0.3 is 0 Å². The van der Waals surface area contributed by atoms with E-state index in [1.54, 1.807) is 28.0 Å². The number of thiazole rings is 1. The molecule has 0 saturated heterocycles. The molecule has 4 aromatic rings. The molecule has 0 bridgehead atoms. The predicted molar refractivity (Wildman–Crippen MR) is 124 cm³/mol. The molecule has 0 aliphatic rings. The van der Waals surface area contributed by atoms with Gasteiger partial charge < -0.3 is 0 Å². The van der Waals surface area contributed by atoms with Crippen molar-refractivity contribution in [3.8, 4) is 0 Å². The summed E-state index contributed by atoms with van der Waals surface area (Å²) in [5, 5.41) is 0.734. The number of thioether (sulfide) groups is 1. The lowest BCUT2D eigenvalue weighted by Crippen LogP contribution is -2.30. The minimum absolute atomic E-state index is 0.0198. The molecule has 1 heterocycles. The summed E-state index contributed by atoms with van der Waals surface area (Å²) < 4.78 is 1.11. The average molecular weight is 419 g/mol. The first-order valence-corrected chi connectivity index (χ1v) is 11.6. The number of hydrogen-bond acceptors (Lipinski definition) is 4. The van der Waals surface area contributed by atoms with Gasteiger partial charge in [-0.05, 0) is 48.1 Å². The minimum Gasteiger partial charge on any atom is -0.279 e. The zero-order chi connectivity index (χ0) is 20.2. The molecule has 0 unspecified atom stereocenters. The van der Waals surface area contributed by atoms with Gasteiger partial charge in [0.05, 0.1) is 22.3 Å². The lowest BCUT2D eigenvalue weighted by atomic mass is 10.1. The van der Waals surface area contributed by atoms with Crippen LogP contribution < -0.4 is 4.90 Å². The topological polar surface area (TPSA) is 33.2 Å². The van der Waals surface area contributed by atoms with Crippen molar-refractivity contribution in [3.05, 3.63) is 89.5 Å². The molecule has 0 radical (unpaired) electrons. The molecular formula is C24H22N2OS2. The van der Waals surface area contributed by atoms with Crippen molar-refractivity contribution in [2.45, 2.75) is 24.8 Å². The molecule has 0 N–H and O–H groups in total. The number of benzene rings is 3. The summed E-state index contributed by atoms with van der Waals surface area (Å²) in [5.74, 6) is -0.0198. The number of aryl methyl sites for hydroxylation is 1. The Labute approximate surface area is 179 Å². The molecule has 5 heteroatoms. The highest BCUT2D eigenvalue weighted by atomic mass is 32.2. The van der Waals surface area contributed by atoms with Crippen molar-refractivity contribution in [1.82, 2.24) is 4.98 Å². The van der Waals surface area contributed by atoms with Crippen molar-refractivity contribution in [2.24, 2.45) is 0 Å². The summed E-state index contributed by atoms with van der Waals surface area (Å²) in [6.07, 6.45) is 2.98. The maximum Gasteiger partial charge on any atom is 0.261 e. The van der Waals surface area contributed by atoms with Gasteiger partial charge in [0.2, 0.25) is 0 Å². The summed E-state index contributed by atoms with van der Waals surface area (Å²) in [4.78, 5) is 21.2. The van der Waals surface area contributed by atoms with E-state index in [0.717, 1.165) is 32.2 Å². The maximum absolute atomic E-state index is 13.6. The van der Waals surface area contributed by atoms with E-state index in [0.29, 0.717) is 12.1 Å². The Morgan fingerprint density at radius 3 is 2.52 bits per heavy atom. The van der Waals surface area contributed by atoms with Crippen LogP contribution in [0.2, 0.25) is 0 Å². The summed E-state index contributed by atoms with van der Waals surface area (Å²) in [5.41, 5.74) is 4.01. The third-order valence-electron chi connectivity index (χ3n) is 4.85. The Balaban J connectivity index is 1.79. The SMILES string of the molecule is CCc1ccc2nc(N(Cc3ccccc3)C(=O)c3ccccc3SC)sc2c1. The van der Waals surface area contributed by atoms with Crippen LogP contribution in [0.1, 0.15) is 28.4 Å². The molecule has 0 saturated carbocycles. The van der Waals surface area contributed by atoms with Gasteiger partial charge in [-0.15, -0.1) is 11.8 Å². The Morgan fingerprint density at radius 2 is 1.76 bits per heavy atom. The number of carbonyl (C=O) groups is 1. The second kappa shape index (κ2) is 8.80. The Morgan fingerprint density at radius 1 is 1.00 bits per heavy atom. The number of amides is 1. The Kier molecular flexibility index (Phi) is 5.97. The molecule has 0 aliphatic carbocycles. The van der Waals surface area contributed by atoms with Crippen LogP contribution in [0.5, 0.6) is 0 Å². The number of rotatable bonds is 6. The van der Waals surface area contributed by atoms with Gasteiger partial charge in [-0.25, -0.2) is 4.98 Å². The van der Waals surface area contributed by atoms with Crippen molar-refractivity contribution in [1.29, 1.82) is 0 Å². The van der Waals surface area contributed by atoms with E-state index in [1.807, 2.05) is 60.9 Å². The van der Waals surface area contributed by atoms with Gasteiger partial charge in [-0.2, -0.15) is 0 Å². The first-order chi connectivity index (χ1) is 14.2. The summed E-state index contributed by atoms with van der Waals surface area (Å²) in [6.45, 7) is 2.64. The van der Waals surface area contributed by atoms with E-state index < -0.39 is 0 Å². The monoisotopic (exact) mass is 418 g/mol. The van der Waals surface area contributed by atoms with Crippen LogP contribution in [-0.2, 0) is 13.0 Å². The van der Waals surface area contributed by atoms with Crippen LogP contribution in [-0.4, -0.2) is 17.1 Å². The molecular weight excluding hydrogens is 396 g/mol. The molecule has 146 valence electrons. The predicted octanol–water partition coefficient (Wildman–Crippen LogP) is 6.43. The molecule has 1 amide bonds. The van der Waals surface area contributed by atoms with Crippen LogP contribution in [0, 0.1) is 0 Å². The average Bonchev–Trinajstić information content (AvgIpc) is 3.20. The van der Waals surface area contributed by atoms with Crippen LogP contribution in [0.15, 0.2) is 77.7 Å². The van der Waals surface area contributed by atoms with Gasteiger partial charge in [0, 0.05) is 4.90 Å². The zero-order valence-corrected chi connectivity index (χ0v) is 18.1. The van der Waals surface area contributed by atoms with Crippen molar-refractivity contribution in [2.75, 3.05) is 11.2 Å². The standard InChI is InChI=1S/C24H22N2OS2/c1-3-17-13-14-20-22(15-17)29-24(25-20)26(16-18-9-5-4-6-10-18)23(27)19-11-7-8-12-21(19)28-2/h4-15H,3,16H2,1-2H3. The van der Waals surface area contributed by atoms with Crippen molar-refractivity contribution >= 4 is 44.4 Å². The Hall–Kier alpha value is -2.63. The molecule has 0 spiro atoms. The number of hydrogen-bond donors (Lipinski definition) is 0. The van der Waals surface area contributed by atoms with Gasteiger partial charge in [0.25, 0.3) is 5.91 Å². The molecule has 0 atom stereocenters. The summed E-state index contributed by atoms with van der Waals surface area (Å²) in [7, 11) is 0. The van der Waals surface area contributed by atoms with E-state index in [1.165, 1.54) is 5.56 Å². The van der Waals surface area contributed by atoms with Crippen LogP contribution in [0.3, 0.4) is 0 Å². The number of carbonyl (C=O) groups excluding carboxylic acids is 1. The smallest absolute Gasteiger partial charge is 0.261 e. The molecule has 1 aromatic heterocycles. The summed E-state index contributed by atoms with van der Waals surface area (Å²) in [6, 6.07) is 24.2. The number of nitrogens with zero attached hydrogens (tertiary/aromatic N) is 2. The van der Waals surface area contributed by atoms with Gasteiger partial charge in [-0.1, -0.05) is 66.8 Å². The maximum atomic E-state index is 13.6. The van der Waals surface area contributed by atoms with E-state index in [9.17, 15) is 4.79 Å². The van der Waals surface area contributed by atoms with Crippen molar-refractivity contribution in [3.63, 3.8) is 0 Å². The third kappa shape index (κ3) is 4.21. The van der Waals surface area contributed by atoms with E-state index in [2.05, 4.69) is 25.1 Å². The van der Waals surface area contributed by atoms with Crippen LogP contribution in [0.4, 0.5) is 5.13 Å². The fraction of sp³-hybridized carbons (Fsp3) is 0.167. The molecule has 3 nitrogen and oxygen atoms in total. The highest BCUT2D eigenvalue weighted by molar-refractivity contribution is 7.98. The lowest BCUT2D eigenvalue weighted by Gasteiger charge is -2.21. The largest absolute Gasteiger partial charge is 0.279 e. The fourth-order valence-electron chi connectivity index (χ4n) is 3.25. The fourth-order valence-corrected chi connectivity index (χ4v) is 4.87. The van der Waals surface area contributed by atoms with Gasteiger partial charge in [0.1, 0.15) is 0 Å². The van der Waals surface area contributed by atoms with E-state index in [4.69, 9.17) is 4.98 Å². The van der Waals surface area contributed by atoms with E-state index in [-0.39, 0.29) is 5.91 Å². The highest BCUT2D eigenvalue weighted by Gasteiger charge is 2.23. The molecule has 0 fully saturated rings.